The van der Waals surface area contributed by atoms with Gasteiger partial charge in [0, 0.05) is 19.6 Å². The lowest BCUT2D eigenvalue weighted by Gasteiger charge is -2.24. The highest BCUT2D eigenvalue weighted by Gasteiger charge is 2.36. The van der Waals surface area contributed by atoms with Gasteiger partial charge in [0.2, 0.25) is 5.91 Å². The molecule has 25 heavy (non-hydrogen) atoms. The van der Waals surface area contributed by atoms with Crippen molar-refractivity contribution in [1.82, 2.24) is 4.90 Å². The molecule has 2 fully saturated rings. The Balaban J connectivity index is 1.53. The zero-order valence-electron chi connectivity index (χ0n) is 14.0. The van der Waals surface area contributed by atoms with Crippen molar-refractivity contribution in [2.45, 2.75) is 31.5 Å². The fraction of sp³-hybridized carbons (Fsp3) is 0.556. The number of carbonyl (C=O) groups excluding carboxylic acids is 1. The number of β-amino-alcohol motifs (C(OH)–C–C–N with tert-alkyl or cyclic N) is 1. The monoisotopic (exact) mass is 349 g/mol. The predicted molar refractivity (Wildman–Crippen MR) is 88.6 cm³/mol. The van der Waals surface area contributed by atoms with E-state index in [0.717, 1.165) is 12.8 Å². The van der Waals surface area contributed by atoms with Crippen molar-refractivity contribution < 1.29 is 29.3 Å². The van der Waals surface area contributed by atoms with Crippen molar-refractivity contribution in [2.24, 2.45) is 5.92 Å². The van der Waals surface area contributed by atoms with Crippen LogP contribution in [0.2, 0.25) is 0 Å². The van der Waals surface area contributed by atoms with Crippen LogP contribution in [-0.2, 0) is 9.53 Å². The Morgan fingerprint density at radius 2 is 1.84 bits per heavy atom. The van der Waals surface area contributed by atoms with E-state index >= 15 is 0 Å². The fourth-order valence-electron chi connectivity index (χ4n) is 3.25. The number of benzene rings is 1. The van der Waals surface area contributed by atoms with Crippen LogP contribution >= 0.6 is 0 Å². The number of amides is 1. The summed E-state index contributed by atoms with van der Waals surface area (Å²) < 4.78 is 11.0. The number of hydrogen-bond donors (Lipinski definition) is 2. The van der Waals surface area contributed by atoms with E-state index in [1.54, 1.807) is 17.0 Å². The molecule has 7 heteroatoms. The number of aliphatic hydroxyl groups is 1. The van der Waals surface area contributed by atoms with E-state index in [9.17, 15) is 14.7 Å². The third-order valence-corrected chi connectivity index (χ3v) is 4.78. The van der Waals surface area contributed by atoms with Gasteiger partial charge in [-0.25, -0.2) is 4.79 Å². The van der Waals surface area contributed by atoms with Crippen molar-refractivity contribution >= 4 is 11.9 Å². The first kappa shape index (κ1) is 17.7. The van der Waals surface area contributed by atoms with Crippen LogP contribution in [0.4, 0.5) is 0 Å². The Morgan fingerprint density at radius 1 is 1.16 bits per heavy atom. The van der Waals surface area contributed by atoms with Gasteiger partial charge < -0.3 is 24.6 Å². The van der Waals surface area contributed by atoms with E-state index in [-0.39, 0.29) is 18.0 Å². The number of carbonyl (C=O) groups is 2. The highest BCUT2D eigenvalue weighted by Crippen LogP contribution is 2.23. The molecule has 0 spiro atoms. The molecule has 3 rings (SSSR count). The molecular weight excluding hydrogens is 326 g/mol. The number of aliphatic hydroxyl groups excluding tert-OH is 1. The number of likely N-dealkylation sites (tertiary alicyclic amines) is 1. The van der Waals surface area contributed by atoms with Crippen LogP contribution in [-0.4, -0.2) is 65.5 Å². The predicted octanol–water partition coefficient (Wildman–Crippen LogP) is 1.15. The van der Waals surface area contributed by atoms with E-state index in [0.29, 0.717) is 37.8 Å². The van der Waals surface area contributed by atoms with E-state index in [1.165, 1.54) is 12.1 Å². The highest BCUT2D eigenvalue weighted by atomic mass is 16.5. The fourth-order valence-corrected chi connectivity index (χ4v) is 3.25. The lowest BCUT2D eigenvalue weighted by Crippen LogP contribution is -2.33. The van der Waals surface area contributed by atoms with Crippen LogP contribution in [0.3, 0.4) is 0 Å². The lowest BCUT2D eigenvalue weighted by atomic mass is 9.96. The molecule has 2 heterocycles. The highest BCUT2D eigenvalue weighted by molar-refractivity contribution is 5.87. The summed E-state index contributed by atoms with van der Waals surface area (Å²) >= 11 is 0. The van der Waals surface area contributed by atoms with E-state index in [1.807, 2.05) is 0 Å². The summed E-state index contributed by atoms with van der Waals surface area (Å²) in [4.78, 5) is 24.9. The van der Waals surface area contributed by atoms with Crippen molar-refractivity contribution in [2.75, 3.05) is 26.3 Å². The molecule has 7 nitrogen and oxygen atoms in total. The van der Waals surface area contributed by atoms with Gasteiger partial charge >= 0.3 is 5.97 Å². The van der Waals surface area contributed by atoms with Crippen LogP contribution in [0.15, 0.2) is 24.3 Å². The van der Waals surface area contributed by atoms with Crippen molar-refractivity contribution in [3.05, 3.63) is 29.8 Å². The maximum Gasteiger partial charge on any atom is 0.335 e. The van der Waals surface area contributed by atoms with Gasteiger partial charge in [0.15, 0.2) is 0 Å². The van der Waals surface area contributed by atoms with Gasteiger partial charge in [0.1, 0.15) is 18.0 Å². The third kappa shape index (κ3) is 4.49. The molecule has 0 aliphatic carbocycles. The largest absolute Gasteiger partial charge is 0.486 e. The Morgan fingerprint density at radius 3 is 2.48 bits per heavy atom. The number of rotatable bonds is 5. The van der Waals surface area contributed by atoms with Crippen LogP contribution < -0.4 is 4.74 Å². The average Bonchev–Trinajstić information content (AvgIpc) is 2.97. The molecule has 0 radical (unpaired) electrons. The zero-order chi connectivity index (χ0) is 17.8. The summed E-state index contributed by atoms with van der Waals surface area (Å²) in [6, 6.07) is 6.02. The molecule has 2 aliphatic heterocycles. The van der Waals surface area contributed by atoms with Crippen LogP contribution in [0, 0.1) is 5.92 Å². The number of carboxylic acids is 1. The first-order valence-electron chi connectivity index (χ1n) is 8.56. The van der Waals surface area contributed by atoms with Gasteiger partial charge in [-0.1, -0.05) is 0 Å². The Hall–Kier alpha value is -2.12. The molecular formula is C18H23NO6. The minimum Gasteiger partial charge on any atom is -0.486 e. The second-order valence-corrected chi connectivity index (χ2v) is 6.61. The average molecular weight is 349 g/mol. The molecule has 1 amide bonds. The molecule has 1 aromatic carbocycles. The normalized spacial score (nSPS) is 24.3. The van der Waals surface area contributed by atoms with Crippen LogP contribution in [0.5, 0.6) is 5.75 Å². The summed E-state index contributed by atoms with van der Waals surface area (Å²) in [5, 5.41) is 19.1. The summed E-state index contributed by atoms with van der Waals surface area (Å²) in [7, 11) is 0. The van der Waals surface area contributed by atoms with Gasteiger partial charge in [-0.3, -0.25) is 4.79 Å². The van der Waals surface area contributed by atoms with Crippen molar-refractivity contribution in [3.8, 4) is 5.75 Å². The summed E-state index contributed by atoms with van der Waals surface area (Å²) in [5.41, 5.74) is 0.174. The minimum atomic E-state index is -1.00. The Labute approximate surface area is 146 Å². The van der Waals surface area contributed by atoms with Gasteiger partial charge in [-0.15, -0.1) is 0 Å². The molecule has 136 valence electrons. The van der Waals surface area contributed by atoms with Gasteiger partial charge in [-0.2, -0.15) is 0 Å². The summed E-state index contributed by atoms with van der Waals surface area (Å²) in [5.74, 6) is -0.134. The van der Waals surface area contributed by atoms with Gasteiger partial charge in [-0.05, 0) is 43.0 Å². The second kappa shape index (κ2) is 7.84. The lowest BCUT2D eigenvalue weighted by molar-refractivity contribution is -0.132. The van der Waals surface area contributed by atoms with Crippen molar-refractivity contribution in [1.29, 1.82) is 0 Å². The summed E-state index contributed by atoms with van der Waals surface area (Å²) in [6.45, 7) is 2.02. The minimum absolute atomic E-state index is 0.0401. The quantitative estimate of drug-likeness (QED) is 0.828. The Bertz CT molecular complexity index is 610. The standard InChI is InChI=1S/C18H23NO6/c20-15-10-19(17(21)9-12-5-7-24-8-6-12)11-16(15)25-14-3-1-13(2-4-14)18(22)23/h1-4,12,15-16,20H,5-11H2,(H,22,23)/t15-,16-/m1/s1. The van der Waals surface area contributed by atoms with E-state index < -0.39 is 18.2 Å². The van der Waals surface area contributed by atoms with E-state index in [4.69, 9.17) is 14.6 Å². The molecule has 0 aromatic heterocycles. The van der Waals surface area contributed by atoms with Gasteiger partial charge in [0.25, 0.3) is 0 Å². The van der Waals surface area contributed by atoms with E-state index in [2.05, 4.69) is 0 Å². The smallest absolute Gasteiger partial charge is 0.335 e. The van der Waals surface area contributed by atoms with Crippen LogP contribution in [0.25, 0.3) is 0 Å². The molecule has 0 unspecified atom stereocenters. The van der Waals surface area contributed by atoms with Gasteiger partial charge in [0.05, 0.1) is 18.7 Å². The first-order chi connectivity index (χ1) is 12.0. The topological polar surface area (TPSA) is 96.3 Å². The SMILES string of the molecule is O=C(O)c1ccc(O[C@@H]2CN(C(=O)CC3CCOCC3)C[C@H]2O)cc1. The third-order valence-electron chi connectivity index (χ3n) is 4.78. The molecule has 2 aliphatic rings. The molecule has 0 bridgehead atoms. The number of aromatic carboxylic acids is 1. The second-order valence-electron chi connectivity index (χ2n) is 6.61. The maximum absolute atomic E-state index is 12.4. The number of ether oxygens (including phenoxy) is 2. The number of hydrogen-bond acceptors (Lipinski definition) is 5. The zero-order valence-corrected chi connectivity index (χ0v) is 14.0. The number of carboxylic acid groups (broad SMARTS) is 1. The molecule has 2 N–H and O–H groups in total. The first-order valence-corrected chi connectivity index (χ1v) is 8.56. The molecule has 2 atom stereocenters. The molecule has 1 aromatic rings. The maximum atomic E-state index is 12.4. The number of nitrogens with zero attached hydrogens (tertiary/aromatic N) is 1. The molecule has 0 saturated carbocycles. The van der Waals surface area contributed by atoms with Crippen molar-refractivity contribution in [3.63, 3.8) is 0 Å². The Kier molecular flexibility index (Phi) is 5.55. The van der Waals surface area contributed by atoms with Crippen LogP contribution in [0.1, 0.15) is 29.6 Å². The molecule has 2 saturated heterocycles. The summed E-state index contributed by atoms with van der Waals surface area (Å²) in [6.07, 6.45) is 1.03.